The van der Waals surface area contributed by atoms with Crippen LogP contribution in [0.4, 0.5) is 0 Å². The molecular weight excluding hydrogens is 160 g/mol. The second-order valence-electron chi connectivity index (χ2n) is 4.14. The maximum absolute atomic E-state index is 5.55. The zero-order valence-corrected chi connectivity index (χ0v) is 8.68. The van der Waals surface area contributed by atoms with Crippen LogP contribution >= 0.6 is 0 Å². The van der Waals surface area contributed by atoms with E-state index >= 15 is 0 Å². The fraction of sp³-hybridized carbons (Fsp3) is 0.818. The smallest absolute Gasteiger partial charge is 0.0352 e. The molecule has 1 unspecified atom stereocenters. The molecule has 1 fully saturated rings. The van der Waals surface area contributed by atoms with Crippen LogP contribution in [-0.4, -0.2) is 12.6 Å². The molecule has 0 aliphatic heterocycles. The lowest BCUT2D eigenvalue weighted by Crippen LogP contribution is -2.34. The second-order valence-corrected chi connectivity index (χ2v) is 4.14. The third-order valence-corrected chi connectivity index (χ3v) is 2.88. The minimum atomic E-state index is 0.370. The van der Waals surface area contributed by atoms with Crippen LogP contribution in [0.3, 0.4) is 0 Å². The molecule has 0 bridgehead atoms. The topological polar surface area (TPSA) is 38.0 Å². The van der Waals surface area contributed by atoms with Crippen LogP contribution in [0.25, 0.3) is 0 Å². The highest BCUT2D eigenvalue weighted by Crippen LogP contribution is 2.27. The van der Waals surface area contributed by atoms with Crippen molar-refractivity contribution < 1.29 is 0 Å². The Morgan fingerprint density at radius 1 is 1.46 bits per heavy atom. The van der Waals surface area contributed by atoms with Gasteiger partial charge in [0.15, 0.2) is 0 Å². The van der Waals surface area contributed by atoms with Crippen molar-refractivity contribution in [1.82, 2.24) is 5.32 Å². The third kappa shape index (κ3) is 3.39. The molecule has 0 saturated heterocycles. The van der Waals surface area contributed by atoms with Crippen LogP contribution in [0.5, 0.6) is 0 Å². The summed E-state index contributed by atoms with van der Waals surface area (Å²) in [5.41, 5.74) is 6.75. The van der Waals surface area contributed by atoms with Crippen molar-refractivity contribution in [2.75, 3.05) is 6.54 Å². The van der Waals surface area contributed by atoms with Crippen LogP contribution in [-0.2, 0) is 0 Å². The van der Waals surface area contributed by atoms with Crippen molar-refractivity contribution in [1.29, 1.82) is 0 Å². The van der Waals surface area contributed by atoms with Gasteiger partial charge in [-0.15, -0.1) is 0 Å². The summed E-state index contributed by atoms with van der Waals surface area (Å²) in [6.07, 6.45) is 6.74. The summed E-state index contributed by atoms with van der Waals surface area (Å²) < 4.78 is 0. The standard InChI is InChI=1S/C11H22N2/c1-9(8-12)13-10(2)11-6-4-3-5-7-11/h9,11,13H,2-8,12H2,1H3. The van der Waals surface area contributed by atoms with E-state index in [1.165, 1.54) is 37.8 Å². The Hall–Kier alpha value is -0.500. The van der Waals surface area contributed by atoms with Crippen molar-refractivity contribution in [2.45, 2.75) is 45.1 Å². The first kappa shape index (κ1) is 10.6. The Morgan fingerprint density at radius 3 is 2.62 bits per heavy atom. The average Bonchev–Trinajstić information content (AvgIpc) is 2.19. The number of hydrogen-bond donors (Lipinski definition) is 2. The molecule has 76 valence electrons. The van der Waals surface area contributed by atoms with E-state index in [0.29, 0.717) is 18.5 Å². The van der Waals surface area contributed by atoms with Crippen molar-refractivity contribution in [2.24, 2.45) is 11.7 Å². The summed E-state index contributed by atoms with van der Waals surface area (Å²) in [5, 5.41) is 3.38. The highest BCUT2D eigenvalue weighted by atomic mass is 14.9. The van der Waals surface area contributed by atoms with Crippen molar-refractivity contribution in [3.8, 4) is 0 Å². The molecule has 0 aromatic rings. The molecule has 0 aromatic carbocycles. The largest absolute Gasteiger partial charge is 0.385 e. The number of rotatable bonds is 4. The number of nitrogens with one attached hydrogen (secondary N) is 1. The van der Waals surface area contributed by atoms with E-state index in [1.807, 2.05) is 0 Å². The van der Waals surface area contributed by atoms with E-state index in [0.717, 1.165) is 0 Å². The molecule has 1 saturated carbocycles. The number of allylic oxidation sites excluding steroid dienone is 1. The first-order chi connectivity index (χ1) is 6.24. The summed E-state index contributed by atoms with van der Waals surface area (Å²) >= 11 is 0. The van der Waals surface area contributed by atoms with Gasteiger partial charge in [0.25, 0.3) is 0 Å². The minimum Gasteiger partial charge on any atom is -0.385 e. The zero-order valence-electron chi connectivity index (χ0n) is 8.68. The van der Waals surface area contributed by atoms with E-state index in [-0.39, 0.29) is 0 Å². The Balaban J connectivity index is 2.29. The second kappa shape index (κ2) is 5.28. The van der Waals surface area contributed by atoms with E-state index in [4.69, 9.17) is 5.73 Å². The van der Waals surface area contributed by atoms with Gasteiger partial charge >= 0.3 is 0 Å². The quantitative estimate of drug-likeness (QED) is 0.698. The fourth-order valence-corrected chi connectivity index (χ4v) is 1.94. The minimum absolute atomic E-state index is 0.370. The normalized spacial score (nSPS) is 21.1. The third-order valence-electron chi connectivity index (χ3n) is 2.88. The molecule has 2 heteroatoms. The highest BCUT2D eigenvalue weighted by Gasteiger charge is 2.16. The Kier molecular flexibility index (Phi) is 4.29. The Labute approximate surface area is 81.6 Å². The van der Waals surface area contributed by atoms with Gasteiger partial charge in [0.1, 0.15) is 0 Å². The maximum Gasteiger partial charge on any atom is 0.0352 e. The fourth-order valence-electron chi connectivity index (χ4n) is 1.94. The Morgan fingerprint density at radius 2 is 2.08 bits per heavy atom. The lowest BCUT2D eigenvalue weighted by atomic mass is 9.87. The average molecular weight is 182 g/mol. The summed E-state index contributed by atoms with van der Waals surface area (Å²) in [4.78, 5) is 0. The molecule has 0 aromatic heterocycles. The molecule has 0 spiro atoms. The van der Waals surface area contributed by atoms with Gasteiger partial charge in [-0.1, -0.05) is 25.8 Å². The van der Waals surface area contributed by atoms with E-state index in [1.54, 1.807) is 0 Å². The maximum atomic E-state index is 5.55. The molecule has 1 aliphatic rings. The lowest BCUT2D eigenvalue weighted by Gasteiger charge is -2.26. The van der Waals surface area contributed by atoms with E-state index in [9.17, 15) is 0 Å². The van der Waals surface area contributed by atoms with Gasteiger partial charge in [-0.25, -0.2) is 0 Å². The molecule has 2 nitrogen and oxygen atoms in total. The van der Waals surface area contributed by atoms with Crippen LogP contribution in [0.1, 0.15) is 39.0 Å². The van der Waals surface area contributed by atoms with Crippen molar-refractivity contribution in [3.05, 3.63) is 12.3 Å². The van der Waals surface area contributed by atoms with Gasteiger partial charge < -0.3 is 11.1 Å². The van der Waals surface area contributed by atoms with Crippen LogP contribution in [0.2, 0.25) is 0 Å². The molecule has 0 amide bonds. The monoisotopic (exact) mass is 182 g/mol. The first-order valence-electron chi connectivity index (χ1n) is 5.39. The predicted octanol–water partition coefficient (Wildman–Crippen LogP) is 2.02. The van der Waals surface area contributed by atoms with Crippen molar-refractivity contribution >= 4 is 0 Å². The molecule has 3 N–H and O–H groups in total. The van der Waals surface area contributed by atoms with Gasteiger partial charge in [0.05, 0.1) is 0 Å². The number of nitrogens with two attached hydrogens (primary N) is 1. The van der Waals surface area contributed by atoms with Crippen LogP contribution < -0.4 is 11.1 Å². The molecule has 13 heavy (non-hydrogen) atoms. The molecule has 0 heterocycles. The zero-order chi connectivity index (χ0) is 9.68. The van der Waals surface area contributed by atoms with Gasteiger partial charge in [0.2, 0.25) is 0 Å². The first-order valence-corrected chi connectivity index (χ1v) is 5.39. The van der Waals surface area contributed by atoms with Gasteiger partial charge in [0, 0.05) is 18.3 Å². The van der Waals surface area contributed by atoms with Crippen LogP contribution in [0.15, 0.2) is 12.3 Å². The predicted molar refractivity (Wildman–Crippen MR) is 57.4 cm³/mol. The van der Waals surface area contributed by atoms with Crippen molar-refractivity contribution in [3.63, 3.8) is 0 Å². The van der Waals surface area contributed by atoms with Gasteiger partial charge in [-0.3, -0.25) is 0 Å². The molecule has 1 rings (SSSR count). The number of hydrogen-bond acceptors (Lipinski definition) is 2. The summed E-state index contributed by atoms with van der Waals surface area (Å²) in [5.74, 6) is 0.697. The SMILES string of the molecule is C=C(NC(C)CN)C1CCCCC1. The Bertz CT molecular complexity index is 159. The molecule has 1 atom stereocenters. The van der Waals surface area contributed by atoms with Gasteiger partial charge in [-0.05, 0) is 25.7 Å². The summed E-state index contributed by atoms with van der Waals surface area (Å²) in [6.45, 7) is 6.89. The summed E-state index contributed by atoms with van der Waals surface area (Å²) in [6, 6.07) is 0.370. The molecular formula is C11H22N2. The summed E-state index contributed by atoms with van der Waals surface area (Å²) in [7, 11) is 0. The lowest BCUT2D eigenvalue weighted by molar-refractivity contribution is 0.379. The molecule has 0 radical (unpaired) electrons. The van der Waals surface area contributed by atoms with E-state index < -0.39 is 0 Å². The van der Waals surface area contributed by atoms with Gasteiger partial charge in [-0.2, -0.15) is 0 Å². The van der Waals surface area contributed by atoms with Crippen LogP contribution in [0, 0.1) is 5.92 Å². The molecule has 1 aliphatic carbocycles. The highest BCUT2D eigenvalue weighted by molar-refractivity contribution is 5.00. The van der Waals surface area contributed by atoms with E-state index in [2.05, 4.69) is 18.8 Å².